The van der Waals surface area contributed by atoms with Crippen LogP contribution in [0.1, 0.15) is 13.3 Å². The first-order chi connectivity index (χ1) is 10.5. The van der Waals surface area contributed by atoms with Crippen molar-refractivity contribution in [3.63, 3.8) is 0 Å². The third kappa shape index (κ3) is 3.31. The Bertz CT molecular complexity index is 527. The number of hydrogen-bond acceptors (Lipinski definition) is 7. The number of methoxy groups -OCH3 is 1. The van der Waals surface area contributed by atoms with Gasteiger partial charge in [-0.2, -0.15) is 0 Å². The molecular formula is C15H23N3O4. The molecule has 4 N–H and O–H groups in total. The molecule has 0 spiro atoms. The average molecular weight is 309 g/mol. The molecule has 7 heteroatoms. The lowest BCUT2D eigenvalue weighted by Gasteiger charge is -2.17. The van der Waals surface area contributed by atoms with Gasteiger partial charge in [-0.1, -0.05) is 6.58 Å². The molecule has 0 aromatic rings. The molecular weight excluding hydrogens is 286 g/mol. The number of aliphatic imine (C=N–C) groups is 1. The number of fused-ring (bicyclic) bond motifs is 1. The van der Waals surface area contributed by atoms with Gasteiger partial charge < -0.3 is 25.7 Å². The van der Waals surface area contributed by atoms with Crippen molar-refractivity contribution in [2.45, 2.75) is 19.4 Å². The number of rotatable bonds is 7. The zero-order valence-electron chi connectivity index (χ0n) is 13.0. The summed E-state index contributed by atoms with van der Waals surface area (Å²) in [6, 6.07) is 0. The molecule has 2 rings (SSSR count). The summed E-state index contributed by atoms with van der Waals surface area (Å²) in [4.78, 5) is 15.9. The molecule has 0 radical (unpaired) electrons. The molecule has 2 fully saturated rings. The second-order valence-electron chi connectivity index (χ2n) is 5.36. The summed E-state index contributed by atoms with van der Waals surface area (Å²) in [7, 11) is 1.56. The normalized spacial score (nSPS) is 30.1. The predicted molar refractivity (Wildman–Crippen MR) is 81.8 cm³/mol. The monoisotopic (exact) mass is 309 g/mol. The lowest BCUT2D eigenvalue weighted by molar-refractivity contribution is -0.141. The largest absolute Gasteiger partial charge is 0.465 e. The SMILES string of the molecule is C=C(N)C(N)=C1C(=NCC(=O)OCC)C(OCOC)C2C[C@H]12. The van der Waals surface area contributed by atoms with Crippen LogP contribution in [0, 0.1) is 11.8 Å². The van der Waals surface area contributed by atoms with Gasteiger partial charge >= 0.3 is 5.97 Å². The van der Waals surface area contributed by atoms with Gasteiger partial charge in [0.15, 0.2) is 0 Å². The van der Waals surface area contributed by atoms with Crippen LogP contribution in [0.15, 0.2) is 28.5 Å². The van der Waals surface area contributed by atoms with Crippen LogP contribution in [0.4, 0.5) is 0 Å². The molecule has 22 heavy (non-hydrogen) atoms. The summed E-state index contributed by atoms with van der Waals surface area (Å²) >= 11 is 0. The van der Waals surface area contributed by atoms with Crippen molar-refractivity contribution >= 4 is 11.7 Å². The van der Waals surface area contributed by atoms with Gasteiger partial charge in [-0.15, -0.1) is 0 Å². The zero-order valence-corrected chi connectivity index (χ0v) is 13.0. The van der Waals surface area contributed by atoms with E-state index in [1.807, 2.05) is 0 Å². The van der Waals surface area contributed by atoms with Crippen molar-refractivity contribution in [1.29, 1.82) is 0 Å². The van der Waals surface area contributed by atoms with E-state index in [9.17, 15) is 4.79 Å². The maximum atomic E-state index is 11.5. The lowest BCUT2D eigenvalue weighted by atomic mass is 10.0. The second-order valence-corrected chi connectivity index (χ2v) is 5.36. The predicted octanol–water partition coefficient (Wildman–Crippen LogP) is 0.315. The lowest BCUT2D eigenvalue weighted by Crippen LogP contribution is -2.27. The maximum absolute atomic E-state index is 11.5. The van der Waals surface area contributed by atoms with Crippen molar-refractivity contribution in [3.05, 3.63) is 23.5 Å². The number of hydrogen-bond donors (Lipinski definition) is 2. The van der Waals surface area contributed by atoms with Crippen molar-refractivity contribution < 1.29 is 19.0 Å². The van der Waals surface area contributed by atoms with Gasteiger partial charge in [0.25, 0.3) is 0 Å². The fraction of sp³-hybridized carbons (Fsp3) is 0.600. The van der Waals surface area contributed by atoms with Crippen LogP contribution in [0.5, 0.6) is 0 Å². The van der Waals surface area contributed by atoms with Gasteiger partial charge in [-0.05, 0) is 25.2 Å². The second kappa shape index (κ2) is 6.93. The quantitative estimate of drug-likeness (QED) is 0.517. The van der Waals surface area contributed by atoms with E-state index < -0.39 is 0 Å². The molecule has 0 aliphatic heterocycles. The molecule has 0 bridgehead atoms. The minimum Gasteiger partial charge on any atom is -0.465 e. The highest BCUT2D eigenvalue weighted by atomic mass is 16.7. The first kappa shape index (κ1) is 16.5. The molecule has 2 aliphatic carbocycles. The number of nitrogens with zero attached hydrogens (tertiary/aromatic N) is 1. The van der Waals surface area contributed by atoms with Crippen LogP contribution in [-0.2, 0) is 19.0 Å². The summed E-state index contributed by atoms with van der Waals surface area (Å²) in [5.41, 5.74) is 14.0. The van der Waals surface area contributed by atoms with E-state index in [-0.39, 0.29) is 31.3 Å². The van der Waals surface area contributed by atoms with Gasteiger partial charge in [0, 0.05) is 18.4 Å². The van der Waals surface area contributed by atoms with Crippen molar-refractivity contribution in [3.8, 4) is 0 Å². The van der Waals surface area contributed by atoms with Gasteiger partial charge in [0.2, 0.25) is 0 Å². The zero-order chi connectivity index (χ0) is 16.3. The molecule has 0 amide bonds. The molecule has 0 aromatic carbocycles. The number of esters is 1. The topological polar surface area (TPSA) is 109 Å². The summed E-state index contributed by atoms with van der Waals surface area (Å²) in [6.45, 7) is 5.85. The number of carbonyl (C=O) groups excluding carboxylic acids is 1. The molecule has 0 aromatic heterocycles. The fourth-order valence-corrected chi connectivity index (χ4v) is 2.81. The summed E-state index contributed by atoms with van der Waals surface area (Å²) in [5, 5.41) is 0. The van der Waals surface area contributed by atoms with E-state index in [1.54, 1.807) is 14.0 Å². The maximum Gasteiger partial charge on any atom is 0.327 e. The van der Waals surface area contributed by atoms with Crippen LogP contribution in [-0.4, -0.2) is 44.8 Å². The molecule has 0 heterocycles. The molecule has 3 atom stereocenters. The van der Waals surface area contributed by atoms with Crippen LogP contribution in [0.2, 0.25) is 0 Å². The Morgan fingerprint density at radius 2 is 2.18 bits per heavy atom. The van der Waals surface area contributed by atoms with Crippen LogP contribution < -0.4 is 11.5 Å². The van der Waals surface area contributed by atoms with Crippen LogP contribution >= 0.6 is 0 Å². The third-order valence-corrected chi connectivity index (χ3v) is 3.83. The molecule has 7 nitrogen and oxygen atoms in total. The van der Waals surface area contributed by atoms with Gasteiger partial charge in [-0.25, -0.2) is 0 Å². The molecule has 0 saturated heterocycles. The molecule has 2 unspecified atom stereocenters. The Morgan fingerprint density at radius 1 is 1.45 bits per heavy atom. The van der Waals surface area contributed by atoms with E-state index in [0.29, 0.717) is 29.6 Å². The highest BCUT2D eigenvalue weighted by Gasteiger charge is 2.57. The molecule has 2 aliphatic rings. The molecule has 2 saturated carbocycles. The van der Waals surface area contributed by atoms with Crippen LogP contribution in [0.25, 0.3) is 0 Å². The minimum absolute atomic E-state index is 0.0662. The van der Waals surface area contributed by atoms with Crippen molar-refractivity contribution in [2.24, 2.45) is 28.3 Å². The van der Waals surface area contributed by atoms with E-state index >= 15 is 0 Å². The fourth-order valence-electron chi connectivity index (χ4n) is 2.81. The van der Waals surface area contributed by atoms with Gasteiger partial charge in [-0.3, -0.25) is 9.79 Å². The first-order valence-corrected chi connectivity index (χ1v) is 7.26. The van der Waals surface area contributed by atoms with E-state index in [0.717, 1.165) is 12.0 Å². The summed E-state index contributed by atoms with van der Waals surface area (Å²) in [5.74, 6) is 0.192. The van der Waals surface area contributed by atoms with Gasteiger partial charge in [0.1, 0.15) is 19.4 Å². The smallest absolute Gasteiger partial charge is 0.327 e. The Kier molecular flexibility index (Phi) is 5.20. The third-order valence-electron chi connectivity index (χ3n) is 3.83. The number of ether oxygens (including phenoxy) is 3. The van der Waals surface area contributed by atoms with Crippen molar-refractivity contribution in [1.82, 2.24) is 0 Å². The highest BCUT2D eigenvalue weighted by Crippen LogP contribution is 2.55. The van der Waals surface area contributed by atoms with Crippen molar-refractivity contribution in [2.75, 3.05) is 27.1 Å². The Labute approximate surface area is 130 Å². The minimum atomic E-state index is -0.384. The van der Waals surface area contributed by atoms with Gasteiger partial charge in [0.05, 0.1) is 18.0 Å². The van der Waals surface area contributed by atoms with E-state index in [2.05, 4.69) is 11.6 Å². The van der Waals surface area contributed by atoms with E-state index in [4.69, 9.17) is 25.7 Å². The Balaban J connectivity index is 2.25. The van der Waals surface area contributed by atoms with Crippen LogP contribution in [0.3, 0.4) is 0 Å². The number of nitrogens with two attached hydrogens (primary N) is 2. The Hall–Kier alpha value is -1.86. The number of carbonyl (C=O) groups is 1. The standard InChI is InChI=1S/C15H23N3O4/c1-4-21-11(19)6-18-14-12(13(17)8(2)16)9-5-10(9)15(14)22-7-20-3/h9-10,15H,2,4-7,16-17H2,1,3H3/t9-,10?,15?/m0/s1. The van der Waals surface area contributed by atoms with E-state index in [1.165, 1.54) is 0 Å². The summed E-state index contributed by atoms with van der Waals surface area (Å²) in [6.07, 6.45) is 0.739. The Morgan fingerprint density at radius 3 is 2.77 bits per heavy atom. The summed E-state index contributed by atoms with van der Waals surface area (Å²) < 4.78 is 15.6. The first-order valence-electron chi connectivity index (χ1n) is 7.26. The average Bonchev–Trinajstić information content (AvgIpc) is 3.19. The highest BCUT2D eigenvalue weighted by molar-refractivity contribution is 6.09. The molecule has 122 valence electrons.